The Balaban J connectivity index is 0.000000676. The third-order valence-corrected chi connectivity index (χ3v) is 6.06. The molecule has 0 aromatic heterocycles. The van der Waals surface area contributed by atoms with Crippen LogP contribution in [-0.2, 0) is 14.4 Å². The third-order valence-electron chi connectivity index (χ3n) is 6.06. The summed E-state index contributed by atoms with van der Waals surface area (Å²) in [5.74, 6) is -2.71. The molecule has 0 heterocycles. The lowest BCUT2D eigenvalue weighted by molar-refractivity contribution is -0.156. The van der Waals surface area contributed by atoms with E-state index in [0.717, 1.165) is 12.8 Å². The first-order valence-electron chi connectivity index (χ1n) is 12.8. The molecule has 1 aliphatic carbocycles. The molecule has 3 N–H and O–H groups in total. The summed E-state index contributed by atoms with van der Waals surface area (Å²) in [7, 11) is 0. The summed E-state index contributed by atoms with van der Waals surface area (Å²) in [6.45, 7) is 2.26. The summed E-state index contributed by atoms with van der Waals surface area (Å²) in [6.07, 6.45) is 26.0. The zero-order valence-electron chi connectivity index (χ0n) is 20.6. The Labute approximate surface area is 200 Å². The average Bonchev–Trinajstić information content (AvgIpc) is 2.77. The lowest BCUT2D eigenvalue weighted by Gasteiger charge is -2.28. The Bertz CT molecular complexity index is 595. The molecular weight excluding hydrogens is 420 g/mol. The van der Waals surface area contributed by atoms with E-state index < -0.39 is 23.3 Å². The van der Waals surface area contributed by atoms with Gasteiger partial charge in [0.25, 0.3) is 0 Å². The van der Waals surface area contributed by atoms with E-state index in [0.29, 0.717) is 25.7 Å². The highest BCUT2D eigenvalue weighted by atomic mass is 16.4. The van der Waals surface area contributed by atoms with Crippen LogP contribution in [0.1, 0.15) is 122 Å². The summed E-state index contributed by atoms with van der Waals surface area (Å²) >= 11 is 0. The minimum atomic E-state index is -1.07. The minimum absolute atomic E-state index is 0.285. The fourth-order valence-corrected chi connectivity index (χ4v) is 3.96. The van der Waals surface area contributed by atoms with Crippen LogP contribution in [0.15, 0.2) is 24.3 Å². The van der Waals surface area contributed by atoms with Gasteiger partial charge in [0.1, 0.15) is 0 Å². The standard InChI is InChI=1S/C18H34O2.C9H12O4/c1-2-3-4-5-6-7-8-9-10-11-12-13-14-15-16-17-18(19)20;10-7(11)6-9(8(12)13)4-2-1-3-5-9/h9-10H,2-8,11-17H2,1H3,(H,19,20);1-2H,3-6H2,(H,10,11)(H,12,13)/b10-9-;. The van der Waals surface area contributed by atoms with Gasteiger partial charge in [0.15, 0.2) is 0 Å². The molecule has 0 aromatic rings. The van der Waals surface area contributed by atoms with Crippen molar-refractivity contribution in [2.45, 2.75) is 122 Å². The molecule has 0 amide bonds. The number of hydrogen-bond acceptors (Lipinski definition) is 3. The quantitative estimate of drug-likeness (QED) is 0.143. The van der Waals surface area contributed by atoms with Gasteiger partial charge < -0.3 is 15.3 Å². The van der Waals surface area contributed by atoms with Gasteiger partial charge >= 0.3 is 17.9 Å². The molecule has 1 aliphatic rings. The number of carbonyl (C=O) groups is 3. The maximum absolute atomic E-state index is 10.9. The lowest BCUT2D eigenvalue weighted by atomic mass is 9.74. The summed E-state index contributed by atoms with van der Waals surface area (Å²) < 4.78 is 0. The highest BCUT2D eigenvalue weighted by Crippen LogP contribution is 2.36. The number of carboxylic acid groups (broad SMARTS) is 3. The summed E-state index contributed by atoms with van der Waals surface area (Å²) in [5.41, 5.74) is -1.07. The summed E-state index contributed by atoms with van der Waals surface area (Å²) in [6, 6.07) is 0. The van der Waals surface area contributed by atoms with Crippen molar-refractivity contribution in [1.82, 2.24) is 0 Å². The molecule has 0 aromatic carbocycles. The molecule has 0 fully saturated rings. The fourth-order valence-electron chi connectivity index (χ4n) is 3.96. The number of unbranched alkanes of at least 4 members (excludes halogenated alkanes) is 11. The predicted octanol–water partition coefficient (Wildman–Crippen LogP) is 7.38. The first-order chi connectivity index (χ1) is 15.8. The SMILES string of the molecule is CCCCCCCC/C=C\CCCCCCCC(=O)O.O=C(O)CC1(C(=O)O)CC=CCC1. The van der Waals surface area contributed by atoms with Crippen molar-refractivity contribution in [1.29, 1.82) is 0 Å². The van der Waals surface area contributed by atoms with E-state index in [4.69, 9.17) is 15.3 Å². The van der Waals surface area contributed by atoms with Gasteiger partial charge in [-0.2, -0.15) is 0 Å². The molecule has 1 unspecified atom stereocenters. The van der Waals surface area contributed by atoms with Gasteiger partial charge in [-0.05, 0) is 51.4 Å². The number of hydrogen-bond donors (Lipinski definition) is 3. The summed E-state index contributed by atoms with van der Waals surface area (Å²) in [5, 5.41) is 26.0. The Morgan fingerprint density at radius 2 is 1.30 bits per heavy atom. The van der Waals surface area contributed by atoms with Crippen LogP contribution in [0.5, 0.6) is 0 Å². The molecule has 0 bridgehead atoms. The second-order valence-electron chi connectivity index (χ2n) is 9.10. The minimum Gasteiger partial charge on any atom is -0.481 e. The van der Waals surface area contributed by atoms with Crippen molar-refractivity contribution < 1.29 is 29.7 Å². The molecule has 0 saturated heterocycles. The van der Waals surface area contributed by atoms with Gasteiger partial charge in [-0.25, -0.2) is 0 Å². The maximum atomic E-state index is 10.9. The number of carboxylic acids is 3. The van der Waals surface area contributed by atoms with E-state index in [9.17, 15) is 14.4 Å². The lowest BCUT2D eigenvalue weighted by Crippen LogP contribution is -2.34. The van der Waals surface area contributed by atoms with Crippen LogP contribution in [0.4, 0.5) is 0 Å². The molecule has 0 radical (unpaired) electrons. The van der Waals surface area contributed by atoms with Crippen molar-refractivity contribution in [3.8, 4) is 0 Å². The first kappa shape index (κ1) is 30.9. The molecule has 0 saturated carbocycles. The molecule has 0 spiro atoms. The van der Waals surface area contributed by atoms with Crippen molar-refractivity contribution in [3.05, 3.63) is 24.3 Å². The van der Waals surface area contributed by atoms with Crippen molar-refractivity contribution in [3.63, 3.8) is 0 Å². The monoisotopic (exact) mass is 466 g/mol. The van der Waals surface area contributed by atoms with Crippen LogP contribution in [0.25, 0.3) is 0 Å². The second-order valence-corrected chi connectivity index (χ2v) is 9.10. The van der Waals surface area contributed by atoms with E-state index in [1.165, 1.54) is 70.6 Å². The van der Waals surface area contributed by atoms with E-state index in [1.54, 1.807) is 6.08 Å². The Kier molecular flexibility index (Phi) is 19.2. The predicted molar refractivity (Wildman–Crippen MR) is 132 cm³/mol. The second kappa shape index (κ2) is 20.5. The van der Waals surface area contributed by atoms with Gasteiger partial charge in [0, 0.05) is 6.42 Å². The van der Waals surface area contributed by atoms with E-state index in [-0.39, 0.29) is 6.42 Å². The van der Waals surface area contributed by atoms with E-state index >= 15 is 0 Å². The molecular formula is C27H46O6. The van der Waals surface area contributed by atoms with Gasteiger partial charge in [-0.15, -0.1) is 0 Å². The van der Waals surface area contributed by atoms with Gasteiger partial charge in [-0.3, -0.25) is 14.4 Å². The Morgan fingerprint density at radius 1 is 0.758 bits per heavy atom. The topological polar surface area (TPSA) is 112 Å². The van der Waals surface area contributed by atoms with Gasteiger partial charge in [0.2, 0.25) is 0 Å². The van der Waals surface area contributed by atoms with E-state index in [2.05, 4.69) is 19.1 Å². The van der Waals surface area contributed by atoms with Crippen LogP contribution in [-0.4, -0.2) is 33.2 Å². The Morgan fingerprint density at radius 3 is 1.76 bits per heavy atom. The van der Waals surface area contributed by atoms with Gasteiger partial charge in [-0.1, -0.05) is 82.6 Å². The normalized spacial score (nSPS) is 17.5. The molecule has 6 heteroatoms. The molecule has 0 aliphatic heterocycles. The highest BCUT2D eigenvalue weighted by Gasteiger charge is 2.40. The number of allylic oxidation sites excluding steroid dienone is 4. The van der Waals surface area contributed by atoms with Crippen LogP contribution < -0.4 is 0 Å². The van der Waals surface area contributed by atoms with Crippen LogP contribution in [0.3, 0.4) is 0 Å². The van der Waals surface area contributed by atoms with Crippen molar-refractivity contribution in [2.75, 3.05) is 0 Å². The highest BCUT2D eigenvalue weighted by molar-refractivity contribution is 5.81. The van der Waals surface area contributed by atoms with Gasteiger partial charge in [0.05, 0.1) is 11.8 Å². The fraction of sp³-hybridized carbons (Fsp3) is 0.741. The van der Waals surface area contributed by atoms with Crippen LogP contribution in [0.2, 0.25) is 0 Å². The maximum Gasteiger partial charge on any atom is 0.310 e. The van der Waals surface area contributed by atoms with Crippen LogP contribution >= 0.6 is 0 Å². The largest absolute Gasteiger partial charge is 0.481 e. The molecule has 190 valence electrons. The summed E-state index contributed by atoms with van der Waals surface area (Å²) in [4.78, 5) is 31.7. The van der Waals surface area contributed by atoms with Crippen molar-refractivity contribution >= 4 is 17.9 Å². The zero-order valence-corrected chi connectivity index (χ0v) is 20.6. The molecule has 1 rings (SSSR count). The Hall–Kier alpha value is -2.11. The van der Waals surface area contributed by atoms with E-state index in [1.807, 2.05) is 6.08 Å². The molecule has 33 heavy (non-hydrogen) atoms. The zero-order chi connectivity index (χ0) is 24.8. The first-order valence-corrected chi connectivity index (χ1v) is 12.8. The molecule has 6 nitrogen and oxygen atoms in total. The molecule has 1 atom stereocenters. The van der Waals surface area contributed by atoms with Crippen molar-refractivity contribution in [2.24, 2.45) is 5.41 Å². The van der Waals surface area contributed by atoms with Crippen LogP contribution in [0, 0.1) is 5.41 Å². The third kappa shape index (κ3) is 18.0. The number of rotatable bonds is 18. The smallest absolute Gasteiger partial charge is 0.310 e. The number of aliphatic carboxylic acids is 3. The average molecular weight is 467 g/mol.